The molecule has 0 aliphatic heterocycles. The molecule has 3 rings (SSSR count). The number of nitrogens with one attached hydrogen (secondary N) is 1. The van der Waals surface area contributed by atoms with Crippen LogP contribution in [0.3, 0.4) is 0 Å². The molecule has 172 valence electrons. The Hall–Kier alpha value is -2.15. The Morgan fingerprint density at radius 3 is 1.76 bits per heavy atom. The molecule has 0 heterocycles. The average Bonchev–Trinajstić information content (AvgIpc) is 2.83. The highest BCUT2D eigenvalue weighted by Gasteiger charge is 2.28. The van der Waals surface area contributed by atoms with E-state index in [9.17, 15) is 9.59 Å². The molecule has 0 saturated heterocycles. The van der Waals surface area contributed by atoms with E-state index in [1.807, 2.05) is 24.3 Å². The van der Waals surface area contributed by atoms with Crippen molar-refractivity contribution in [3.05, 3.63) is 96.9 Å². The molecule has 0 radical (unpaired) electrons. The van der Waals surface area contributed by atoms with E-state index >= 15 is 0 Å². The number of ether oxygens (including phenoxy) is 2. The Morgan fingerprint density at radius 1 is 0.727 bits per heavy atom. The number of esters is 1. The van der Waals surface area contributed by atoms with Crippen molar-refractivity contribution in [2.45, 2.75) is 19.1 Å². The first-order chi connectivity index (χ1) is 15.8. The summed E-state index contributed by atoms with van der Waals surface area (Å²) in [5, 5.41) is 1.84. The van der Waals surface area contributed by atoms with Crippen LogP contribution in [0.15, 0.2) is 60.7 Å². The van der Waals surface area contributed by atoms with Crippen molar-refractivity contribution in [2.75, 3.05) is 0 Å². The molecule has 0 bridgehead atoms. The third kappa shape index (κ3) is 6.69. The van der Waals surface area contributed by atoms with Gasteiger partial charge in [0.15, 0.2) is 5.75 Å². The van der Waals surface area contributed by atoms with E-state index in [-0.39, 0.29) is 43.9 Å². The first kappa shape index (κ1) is 25.5. The van der Waals surface area contributed by atoms with Gasteiger partial charge in [0.1, 0.15) is 22.7 Å². The summed E-state index contributed by atoms with van der Waals surface area (Å²) >= 11 is 30.4. The lowest BCUT2D eigenvalue weighted by molar-refractivity contribution is -0.136. The third-order valence-corrected chi connectivity index (χ3v) is 6.69. The average molecular weight is 548 g/mol. The first-order valence-electron chi connectivity index (χ1n) is 9.52. The molecule has 0 fully saturated rings. The second-order valence-corrected chi connectivity index (χ2v) is 8.66. The SMILES string of the molecule is O=C(NC(Cc1ccccc1)C(=O)Oc1c(Cl)c(Cl)c(Cl)c(Cl)c1Cl)OCc1ccccc1. The van der Waals surface area contributed by atoms with E-state index in [0.717, 1.165) is 11.1 Å². The van der Waals surface area contributed by atoms with E-state index < -0.39 is 18.1 Å². The zero-order chi connectivity index (χ0) is 24.0. The van der Waals surface area contributed by atoms with Crippen molar-refractivity contribution < 1.29 is 19.1 Å². The summed E-state index contributed by atoms with van der Waals surface area (Å²) in [4.78, 5) is 25.4. The molecule has 0 saturated carbocycles. The number of hydrogen-bond acceptors (Lipinski definition) is 4. The number of benzene rings is 3. The molecular weight excluding hydrogens is 532 g/mol. The summed E-state index contributed by atoms with van der Waals surface area (Å²) < 4.78 is 10.6. The fourth-order valence-electron chi connectivity index (χ4n) is 2.80. The molecule has 33 heavy (non-hydrogen) atoms. The lowest BCUT2D eigenvalue weighted by atomic mass is 10.1. The Kier molecular flexibility index (Phi) is 9.12. The summed E-state index contributed by atoms with van der Waals surface area (Å²) in [6.07, 6.45) is -0.689. The molecule has 10 heteroatoms. The van der Waals surface area contributed by atoms with Crippen molar-refractivity contribution in [2.24, 2.45) is 0 Å². The van der Waals surface area contributed by atoms with Gasteiger partial charge in [-0.3, -0.25) is 0 Å². The van der Waals surface area contributed by atoms with Crippen molar-refractivity contribution in [1.29, 1.82) is 0 Å². The van der Waals surface area contributed by atoms with E-state index in [0.29, 0.717) is 0 Å². The van der Waals surface area contributed by atoms with Crippen LogP contribution in [-0.4, -0.2) is 18.1 Å². The molecule has 1 amide bonds. The van der Waals surface area contributed by atoms with Crippen LogP contribution in [0.2, 0.25) is 25.1 Å². The highest BCUT2D eigenvalue weighted by atomic mass is 35.5. The summed E-state index contributed by atoms with van der Waals surface area (Å²) in [5.74, 6) is -1.12. The van der Waals surface area contributed by atoms with Crippen molar-refractivity contribution in [3.8, 4) is 5.75 Å². The Bertz CT molecular complexity index is 1110. The van der Waals surface area contributed by atoms with Crippen LogP contribution in [-0.2, 0) is 22.6 Å². The molecule has 3 aromatic rings. The van der Waals surface area contributed by atoms with Crippen LogP contribution in [0.4, 0.5) is 4.79 Å². The number of rotatable bonds is 7. The van der Waals surface area contributed by atoms with Gasteiger partial charge in [0, 0.05) is 6.42 Å². The van der Waals surface area contributed by atoms with Crippen LogP contribution < -0.4 is 10.1 Å². The Labute approximate surface area is 215 Å². The van der Waals surface area contributed by atoms with Gasteiger partial charge in [-0.1, -0.05) is 119 Å². The predicted octanol–water partition coefficient (Wildman–Crippen LogP) is 7.40. The van der Waals surface area contributed by atoms with Crippen LogP contribution in [0.25, 0.3) is 0 Å². The summed E-state index contributed by atoms with van der Waals surface area (Å²) in [7, 11) is 0. The fraction of sp³-hybridized carbons (Fsp3) is 0.130. The molecule has 0 aromatic heterocycles. The molecule has 0 aliphatic rings. The normalized spacial score (nSPS) is 11.5. The monoisotopic (exact) mass is 545 g/mol. The second-order valence-electron chi connectivity index (χ2n) is 6.77. The van der Waals surface area contributed by atoms with Gasteiger partial charge in [0.25, 0.3) is 0 Å². The molecule has 1 unspecified atom stereocenters. The third-order valence-electron chi connectivity index (χ3n) is 4.44. The van der Waals surface area contributed by atoms with Gasteiger partial charge in [0.2, 0.25) is 0 Å². The van der Waals surface area contributed by atoms with Crippen molar-refractivity contribution in [3.63, 3.8) is 0 Å². The molecular formula is C23H16Cl5NO4. The maximum atomic E-state index is 13.0. The van der Waals surface area contributed by atoms with Gasteiger partial charge in [-0.15, -0.1) is 0 Å². The molecule has 1 atom stereocenters. The first-order valence-corrected chi connectivity index (χ1v) is 11.4. The maximum absolute atomic E-state index is 13.0. The maximum Gasteiger partial charge on any atom is 0.408 e. The number of alkyl carbamates (subject to hydrolysis) is 1. The number of halogens is 5. The molecule has 1 N–H and O–H groups in total. The topological polar surface area (TPSA) is 64.6 Å². The number of carbonyl (C=O) groups is 2. The summed E-state index contributed by atoms with van der Waals surface area (Å²) in [6, 6.07) is 17.0. The van der Waals surface area contributed by atoms with E-state index in [2.05, 4.69) is 5.32 Å². The minimum absolute atomic E-state index is 0.0276. The van der Waals surface area contributed by atoms with Gasteiger partial charge < -0.3 is 14.8 Å². The van der Waals surface area contributed by atoms with Crippen LogP contribution in [0.5, 0.6) is 5.75 Å². The van der Waals surface area contributed by atoms with Crippen molar-refractivity contribution in [1.82, 2.24) is 5.32 Å². The lowest BCUT2D eigenvalue weighted by Crippen LogP contribution is -2.44. The van der Waals surface area contributed by atoms with E-state index in [1.165, 1.54) is 0 Å². The zero-order valence-electron chi connectivity index (χ0n) is 16.8. The smallest absolute Gasteiger partial charge is 0.408 e. The Morgan fingerprint density at radius 2 is 1.21 bits per heavy atom. The van der Waals surface area contributed by atoms with E-state index in [1.54, 1.807) is 36.4 Å². The predicted molar refractivity (Wildman–Crippen MR) is 131 cm³/mol. The van der Waals surface area contributed by atoms with Crippen molar-refractivity contribution >= 4 is 70.1 Å². The van der Waals surface area contributed by atoms with Gasteiger partial charge in [-0.25, -0.2) is 9.59 Å². The van der Waals surface area contributed by atoms with E-state index in [4.69, 9.17) is 67.5 Å². The second kappa shape index (κ2) is 11.8. The minimum atomic E-state index is -1.13. The van der Waals surface area contributed by atoms with Gasteiger partial charge >= 0.3 is 12.1 Å². The number of amides is 1. The zero-order valence-corrected chi connectivity index (χ0v) is 20.6. The largest absolute Gasteiger partial charge is 0.445 e. The fourth-order valence-corrected chi connectivity index (χ4v) is 3.99. The summed E-state index contributed by atoms with van der Waals surface area (Å²) in [5.41, 5.74) is 1.56. The minimum Gasteiger partial charge on any atom is -0.445 e. The molecule has 0 spiro atoms. The van der Waals surface area contributed by atoms with Gasteiger partial charge in [-0.05, 0) is 11.1 Å². The summed E-state index contributed by atoms with van der Waals surface area (Å²) in [6.45, 7) is 0.0276. The molecule has 0 aliphatic carbocycles. The highest BCUT2D eigenvalue weighted by Crippen LogP contribution is 2.48. The van der Waals surface area contributed by atoms with Crippen LogP contribution in [0.1, 0.15) is 11.1 Å². The Balaban J connectivity index is 1.79. The van der Waals surface area contributed by atoms with Gasteiger partial charge in [0.05, 0.1) is 15.1 Å². The lowest BCUT2D eigenvalue weighted by Gasteiger charge is -2.19. The standard InChI is InChI=1S/C23H16Cl5NO4/c24-16-17(25)19(27)21(20(28)18(16)26)33-22(30)15(11-13-7-3-1-4-8-13)29-23(31)32-12-14-9-5-2-6-10-14/h1-10,15H,11-12H2,(H,29,31). The van der Waals surface area contributed by atoms with Gasteiger partial charge in [-0.2, -0.15) is 0 Å². The molecule has 3 aromatic carbocycles. The highest BCUT2D eigenvalue weighted by molar-refractivity contribution is 6.55. The quantitative estimate of drug-likeness (QED) is 0.145. The number of hydrogen-bond donors (Lipinski definition) is 1. The van der Waals surface area contributed by atoms with Crippen LogP contribution in [0, 0.1) is 0 Å². The number of carbonyl (C=O) groups excluding carboxylic acids is 2. The molecule has 5 nitrogen and oxygen atoms in total. The van der Waals surface area contributed by atoms with Crippen LogP contribution >= 0.6 is 58.0 Å².